The van der Waals surface area contributed by atoms with Crippen molar-refractivity contribution in [1.29, 1.82) is 0 Å². The molecule has 0 aliphatic heterocycles. The summed E-state index contributed by atoms with van der Waals surface area (Å²) in [6.45, 7) is 0. The van der Waals surface area contributed by atoms with E-state index in [0.29, 0.717) is 18.6 Å². The van der Waals surface area contributed by atoms with Crippen molar-refractivity contribution in [3.05, 3.63) is 40.2 Å². The standard InChI is InChI=1S/C16H18N2O3.H3N/c1-21-18-11-4-7-15-14(8-11)13(9-16(20)17-15)10-2-5-12(19)6-3-10;/h4,7-10,18H,2-3,5-6H2,1H3,(H,17,20);1H3. The second-order valence-corrected chi connectivity index (χ2v) is 5.47. The number of aromatic amines is 1. The van der Waals surface area contributed by atoms with Crippen molar-refractivity contribution in [2.24, 2.45) is 0 Å². The summed E-state index contributed by atoms with van der Waals surface area (Å²) in [7, 11) is 1.56. The van der Waals surface area contributed by atoms with Gasteiger partial charge >= 0.3 is 0 Å². The Labute approximate surface area is 128 Å². The first-order chi connectivity index (χ1) is 10.2. The summed E-state index contributed by atoms with van der Waals surface area (Å²) >= 11 is 0. The highest BCUT2D eigenvalue weighted by Crippen LogP contribution is 2.34. The Morgan fingerprint density at radius 1 is 1.18 bits per heavy atom. The lowest BCUT2D eigenvalue weighted by Gasteiger charge is -2.22. The normalized spacial score (nSPS) is 15.6. The molecule has 6 heteroatoms. The van der Waals surface area contributed by atoms with E-state index in [-0.39, 0.29) is 17.6 Å². The average Bonchev–Trinajstić information content (AvgIpc) is 2.48. The van der Waals surface area contributed by atoms with E-state index in [0.717, 1.165) is 35.0 Å². The molecule has 0 saturated heterocycles. The molecule has 1 aromatic carbocycles. The number of anilines is 1. The Morgan fingerprint density at radius 2 is 1.91 bits per heavy atom. The summed E-state index contributed by atoms with van der Waals surface area (Å²) in [5.41, 5.74) is 5.39. The number of rotatable bonds is 3. The van der Waals surface area contributed by atoms with Crippen molar-refractivity contribution in [3.63, 3.8) is 0 Å². The van der Waals surface area contributed by atoms with Gasteiger partial charge in [-0.05, 0) is 42.5 Å². The second-order valence-electron chi connectivity index (χ2n) is 5.47. The van der Waals surface area contributed by atoms with E-state index in [1.807, 2.05) is 18.2 Å². The fourth-order valence-electron chi connectivity index (χ4n) is 3.05. The number of fused-ring (bicyclic) bond motifs is 1. The van der Waals surface area contributed by atoms with Gasteiger partial charge in [0.25, 0.3) is 0 Å². The first kappa shape index (κ1) is 16.2. The summed E-state index contributed by atoms with van der Waals surface area (Å²) in [6.07, 6.45) is 2.85. The number of nitrogens with one attached hydrogen (secondary N) is 2. The van der Waals surface area contributed by atoms with E-state index in [2.05, 4.69) is 10.5 Å². The molecule has 1 saturated carbocycles. The van der Waals surface area contributed by atoms with Crippen molar-refractivity contribution in [1.82, 2.24) is 11.1 Å². The minimum absolute atomic E-state index is 0. The lowest BCUT2D eigenvalue weighted by molar-refractivity contribution is -0.120. The van der Waals surface area contributed by atoms with Crippen LogP contribution in [0.25, 0.3) is 10.9 Å². The van der Waals surface area contributed by atoms with Crippen LogP contribution in [0, 0.1) is 0 Å². The zero-order valence-electron chi connectivity index (χ0n) is 12.6. The lowest BCUT2D eigenvalue weighted by Crippen LogP contribution is -2.15. The van der Waals surface area contributed by atoms with Crippen molar-refractivity contribution < 1.29 is 9.63 Å². The highest BCUT2D eigenvalue weighted by molar-refractivity contribution is 5.86. The number of carbonyl (C=O) groups excluding carboxylic acids is 1. The van der Waals surface area contributed by atoms with Crippen LogP contribution in [0.4, 0.5) is 5.69 Å². The van der Waals surface area contributed by atoms with Crippen molar-refractivity contribution in [2.45, 2.75) is 31.6 Å². The number of benzene rings is 1. The highest BCUT2D eigenvalue weighted by Gasteiger charge is 2.22. The molecular weight excluding hydrogens is 282 g/mol. The van der Waals surface area contributed by atoms with Gasteiger partial charge < -0.3 is 11.1 Å². The van der Waals surface area contributed by atoms with Crippen LogP contribution < -0.4 is 17.2 Å². The number of aromatic nitrogens is 1. The molecule has 0 atom stereocenters. The monoisotopic (exact) mass is 303 g/mol. The molecule has 118 valence electrons. The van der Waals surface area contributed by atoms with Gasteiger partial charge in [0.2, 0.25) is 5.56 Å². The van der Waals surface area contributed by atoms with Crippen LogP contribution in [0.3, 0.4) is 0 Å². The molecule has 0 bridgehead atoms. The zero-order valence-corrected chi connectivity index (χ0v) is 12.6. The molecule has 22 heavy (non-hydrogen) atoms. The summed E-state index contributed by atoms with van der Waals surface area (Å²) in [6, 6.07) is 7.37. The molecule has 2 aromatic rings. The molecule has 1 aliphatic carbocycles. The minimum Gasteiger partial charge on any atom is -0.344 e. The summed E-state index contributed by atoms with van der Waals surface area (Å²) in [5.74, 6) is 0.590. The smallest absolute Gasteiger partial charge is 0.248 e. The van der Waals surface area contributed by atoms with Crippen LogP contribution in [0.1, 0.15) is 37.2 Å². The quantitative estimate of drug-likeness (QED) is 0.756. The van der Waals surface area contributed by atoms with Crippen LogP contribution in [0.2, 0.25) is 0 Å². The molecule has 1 aliphatic rings. The predicted octanol–water partition coefficient (Wildman–Crippen LogP) is 2.89. The molecule has 6 nitrogen and oxygen atoms in total. The van der Waals surface area contributed by atoms with Gasteiger partial charge in [-0.25, -0.2) is 0 Å². The maximum Gasteiger partial charge on any atom is 0.248 e. The van der Waals surface area contributed by atoms with Gasteiger partial charge in [0, 0.05) is 29.8 Å². The van der Waals surface area contributed by atoms with E-state index in [9.17, 15) is 9.59 Å². The number of Topliss-reactive ketones (excluding diaryl/α,β-unsaturated/α-hetero) is 1. The first-order valence-corrected chi connectivity index (χ1v) is 7.15. The number of hydrogen-bond donors (Lipinski definition) is 3. The van der Waals surface area contributed by atoms with Crippen LogP contribution in [0.5, 0.6) is 0 Å². The summed E-state index contributed by atoms with van der Waals surface area (Å²) < 4.78 is 0. The third-order valence-electron chi connectivity index (χ3n) is 4.08. The summed E-state index contributed by atoms with van der Waals surface area (Å²) in [4.78, 5) is 31.1. The number of H-pyrrole nitrogens is 1. The van der Waals surface area contributed by atoms with Gasteiger partial charge in [-0.15, -0.1) is 0 Å². The van der Waals surface area contributed by atoms with Crippen molar-refractivity contribution >= 4 is 22.4 Å². The molecule has 1 fully saturated rings. The fraction of sp³-hybridized carbons (Fsp3) is 0.375. The number of ketones is 1. The van der Waals surface area contributed by atoms with E-state index < -0.39 is 0 Å². The highest BCUT2D eigenvalue weighted by atomic mass is 16.6. The van der Waals surface area contributed by atoms with Gasteiger partial charge in [0.05, 0.1) is 12.8 Å². The third-order valence-corrected chi connectivity index (χ3v) is 4.08. The fourth-order valence-corrected chi connectivity index (χ4v) is 3.05. The Kier molecular flexibility index (Phi) is 4.95. The van der Waals surface area contributed by atoms with Crippen molar-refractivity contribution in [3.8, 4) is 0 Å². The topological polar surface area (TPSA) is 106 Å². The number of carbonyl (C=O) groups is 1. The average molecular weight is 303 g/mol. The zero-order chi connectivity index (χ0) is 14.8. The van der Waals surface area contributed by atoms with Crippen LogP contribution in [0.15, 0.2) is 29.1 Å². The van der Waals surface area contributed by atoms with E-state index in [4.69, 9.17) is 4.84 Å². The molecule has 1 aromatic heterocycles. The van der Waals surface area contributed by atoms with Crippen LogP contribution >= 0.6 is 0 Å². The molecule has 1 heterocycles. The third kappa shape index (κ3) is 3.18. The maximum atomic E-state index is 11.9. The van der Waals surface area contributed by atoms with Gasteiger partial charge in [-0.1, -0.05) is 0 Å². The van der Waals surface area contributed by atoms with E-state index in [1.165, 1.54) is 0 Å². The van der Waals surface area contributed by atoms with Gasteiger partial charge in [0.1, 0.15) is 5.78 Å². The van der Waals surface area contributed by atoms with Gasteiger partial charge in [-0.2, -0.15) is 0 Å². The minimum atomic E-state index is -0.0955. The summed E-state index contributed by atoms with van der Waals surface area (Å²) in [5, 5.41) is 1.01. The van der Waals surface area contributed by atoms with Gasteiger partial charge in [0.15, 0.2) is 0 Å². The Hall–Kier alpha value is -2.18. The SMILES string of the molecule is CONc1ccc2[nH]c(=O)cc(C3CCC(=O)CC3)c2c1.N. The Morgan fingerprint density at radius 3 is 2.59 bits per heavy atom. The van der Waals surface area contributed by atoms with Crippen LogP contribution in [-0.4, -0.2) is 17.9 Å². The molecule has 5 N–H and O–H groups in total. The molecule has 0 spiro atoms. The Balaban J connectivity index is 0.00000176. The lowest BCUT2D eigenvalue weighted by atomic mass is 9.82. The maximum absolute atomic E-state index is 11.9. The first-order valence-electron chi connectivity index (χ1n) is 7.15. The molecule has 3 rings (SSSR count). The van der Waals surface area contributed by atoms with Crippen molar-refractivity contribution in [2.75, 3.05) is 12.6 Å². The van der Waals surface area contributed by atoms with Gasteiger partial charge in [-0.3, -0.25) is 19.9 Å². The van der Waals surface area contributed by atoms with Crippen LogP contribution in [-0.2, 0) is 9.63 Å². The number of hydrogen-bond acceptors (Lipinski definition) is 5. The molecule has 0 unspecified atom stereocenters. The molecule has 0 radical (unpaired) electrons. The molecule has 0 amide bonds. The number of pyridine rings is 1. The largest absolute Gasteiger partial charge is 0.344 e. The predicted molar refractivity (Wildman–Crippen MR) is 86.4 cm³/mol. The second kappa shape index (κ2) is 6.72. The van der Waals surface area contributed by atoms with E-state index in [1.54, 1.807) is 13.2 Å². The molecular formula is C16H21N3O3. The Bertz CT molecular complexity index is 729. The van der Waals surface area contributed by atoms with E-state index >= 15 is 0 Å².